The summed E-state index contributed by atoms with van der Waals surface area (Å²) in [4.78, 5) is 16.1. The maximum atomic E-state index is 12.1. The molecule has 0 bridgehead atoms. The van der Waals surface area contributed by atoms with Crippen LogP contribution in [0.5, 0.6) is 0 Å². The van der Waals surface area contributed by atoms with Crippen molar-refractivity contribution in [2.75, 3.05) is 6.54 Å². The summed E-state index contributed by atoms with van der Waals surface area (Å²) >= 11 is 5.96. The number of aliphatic hydroxyl groups excluding tert-OH is 2. The van der Waals surface area contributed by atoms with Crippen molar-refractivity contribution in [2.24, 2.45) is 0 Å². The van der Waals surface area contributed by atoms with E-state index in [1.54, 1.807) is 24.5 Å². The summed E-state index contributed by atoms with van der Waals surface area (Å²) in [5, 5.41) is 27.0. The highest BCUT2D eigenvalue weighted by atomic mass is 35.5. The number of hydrogen-bond acceptors (Lipinski definition) is 6. The predicted octanol–water partition coefficient (Wildman–Crippen LogP) is 1.02. The monoisotopic (exact) mass is 405 g/mol. The van der Waals surface area contributed by atoms with Gasteiger partial charge in [0.25, 0.3) is 0 Å². The third-order valence-corrected chi connectivity index (χ3v) is 4.86. The summed E-state index contributed by atoms with van der Waals surface area (Å²) < 4.78 is 5.71. The maximum absolute atomic E-state index is 12.1. The van der Waals surface area contributed by atoms with Gasteiger partial charge in [-0.15, -0.1) is 0 Å². The topological polar surface area (TPSA) is 104 Å². The molecule has 1 aliphatic rings. The van der Waals surface area contributed by atoms with Crippen molar-refractivity contribution in [2.45, 2.75) is 43.9 Å². The van der Waals surface area contributed by atoms with Crippen molar-refractivity contribution < 1.29 is 19.7 Å². The van der Waals surface area contributed by atoms with Gasteiger partial charge in [-0.05, 0) is 29.3 Å². The molecule has 1 amide bonds. The van der Waals surface area contributed by atoms with Crippen LogP contribution >= 0.6 is 11.6 Å². The van der Waals surface area contributed by atoms with Crippen LogP contribution in [0.25, 0.3) is 0 Å². The SMILES string of the molecule is O=C(CC1OC(CNCc2cccc(Cl)c2)C(O)C1O)NCc1cccnc1. The number of aromatic nitrogens is 1. The standard InChI is InChI=1S/C20H24ClN3O4/c21-15-5-1-3-13(7-15)9-23-12-17-20(27)19(26)16(28-17)8-18(25)24-11-14-4-2-6-22-10-14/h1-7,10,16-17,19-20,23,26-27H,8-9,11-12H2,(H,24,25). The number of benzene rings is 1. The van der Waals surface area contributed by atoms with Crippen LogP contribution in [0.4, 0.5) is 0 Å². The van der Waals surface area contributed by atoms with E-state index >= 15 is 0 Å². The average molecular weight is 406 g/mol. The van der Waals surface area contributed by atoms with Crippen molar-refractivity contribution in [1.82, 2.24) is 15.6 Å². The van der Waals surface area contributed by atoms with E-state index in [1.807, 2.05) is 24.3 Å². The van der Waals surface area contributed by atoms with Gasteiger partial charge < -0.3 is 25.6 Å². The van der Waals surface area contributed by atoms with Crippen molar-refractivity contribution in [1.29, 1.82) is 0 Å². The van der Waals surface area contributed by atoms with Crippen LogP contribution in [-0.4, -0.2) is 52.1 Å². The Labute approximate surface area is 168 Å². The summed E-state index contributed by atoms with van der Waals surface area (Å²) in [6.07, 6.45) is -0.191. The molecule has 0 spiro atoms. The lowest BCUT2D eigenvalue weighted by Gasteiger charge is -2.15. The summed E-state index contributed by atoms with van der Waals surface area (Å²) in [6, 6.07) is 11.1. The Morgan fingerprint density at radius 2 is 1.89 bits per heavy atom. The van der Waals surface area contributed by atoms with E-state index in [1.165, 1.54) is 0 Å². The van der Waals surface area contributed by atoms with E-state index in [-0.39, 0.29) is 12.3 Å². The second-order valence-corrected chi connectivity index (χ2v) is 7.23. The number of aliphatic hydroxyl groups is 2. The smallest absolute Gasteiger partial charge is 0.222 e. The van der Waals surface area contributed by atoms with Crippen LogP contribution in [0, 0.1) is 0 Å². The van der Waals surface area contributed by atoms with Gasteiger partial charge in [-0.3, -0.25) is 9.78 Å². The van der Waals surface area contributed by atoms with E-state index in [2.05, 4.69) is 15.6 Å². The lowest BCUT2D eigenvalue weighted by molar-refractivity contribution is -0.125. The fraction of sp³-hybridized carbons (Fsp3) is 0.400. The van der Waals surface area contributed by atoms with Crippen LogP contribution in [-0.2, 0) is 22.6 Å². The Hall–Kier alpha value is -2.03. The largest absolute Gasteiger partial charge is 0.388 e. The summed E-state index contributed by atoms with van der Waals surface area (Å²) in [5.74, 6) is -0.257. The molecule has 4 atom stereocenters. The van der Waals surface area contributed by atoms with E-state index in [0.717, 1.165) is 11.1 Å². The number of amides is 1. The summed E-state index contributed by atoms with van der Waals surface area (Å²) in [5.41, 5.74) is 1.89. The van der Waals surface area contributed by atoms with Crippen molar-refractivity contribution in [3.05, 3.63) is 64.9 Å². The number of carbonyl (C=O) groups is 1. The van der Waals surface area contributed by atoms with Crippen LogP contribution in [0.2, 0.25) is 5.02 Å². The lowest BCUT2D eigenvalue weighted by atomic mass is 10.1. The van der Waals surface area contributed by atoms with E-state index in [4.69, 9.17) is 16.3 Å². The Morgan fingerprint density at radius 1 is 1.11 bits per heavy atom. The van der Waals surface area contributed by atoms with E-state index in [9.17, 15) is 15.0 Å². The fourth-order valence-electron chi connectivity index (χ4n) is 3.13. The van der Waals surface area contributed by atoms with Gasteiger partial charge in [-0.1, -0.05) is 29.8 Å². The molecule has 1 aliphatic heterocycles. The van der Waals surface area contributed by atoms with Crippen LogP contribution in [0.15, 0.2) is 48.8 Å². The zero-order chi connectivity index (χ0) is 19.9. The molecule has 3 rings (SSSR count). The highest BCUT2D eigenvalue weighted by Crippen LogP contribution is 2.23. The molecule has 4 N–H and O–H groups in total. The van der Waals surface area contributed by atoms with E-state index in [0.29, 0.717) is 24.7 Å². The molecule has 2 heterocycles. The number of pyridine rings is 1. The van der Waals surface area contributed by atoms with Crippen molar-refractivity contribution in [3.63, 3.8) is 0 Å². The normalized spacial score (nSPS) is 24.2. The highest BCUT2D eigenvalue weighted by Gasteiger charge is 2.42. The quantitative estimate of drug-likeness (QED) is 0.523. The number of carbonyl (C=O) groups excluding carboxylic acids is 1. The fourth-order valence-corrected chi connectivity index (χ4v) is 3.34. The summed E-state index contributed by atoms with van der Waals surface area (Å²) in [6.45, 7) is 1.25. The highest BCUT2D eigenvalue weighted by molar-refractivity contribution is 6.30. The van der Waals surface area contributed by atoms with Crippen LogP contribution in [0.1, 0.15) is 17.5 Å². The first-order valence-corrected chi connectivity index (χ1v) is 9.53. The van der Waals surface area contributed by atoms with Crippen molar-refractivity contribution in [3.8, 4) is 0 Å². The van der Waals surface area contributed by atoms with Gasteiger partial charge in [0, 0.05) is 37.1 Å². The molecular weight excluding hydrogens is 382 g/mol. The third kappa shape index (κ3) is 5.73. The zero-order valence-electron chi connectivity index (χ0n) is 15.3. The molecule has 0 radical (unpaired) electrons. The minimum Gasteiger partial charge on any atom is -0.388 e. The molecular formula is C20H24ClN3O4. The number of nitrogens with zero attached hydrogens (tertiary/aromatic N) is 1. The molecule has 150 valence electrons. The van der Waals surface area contributed by atoms with Crippen molar-refractivity contribution >= 4 is 17.5 Å². The zero-order valence-corrected chi connectivity index (χ0v) is 16.0. The van der Waals surface area contributed by atoms with Gasteiger partial charge in [0.2, 0.25) is 5.91 Å². The first kappa shape index (κ1) is 20.7. The third-order valence-electron chi connectivity index (χ3n) is 4.62. The van der Waals surface area contributed by atoms with Gasteiger partial charge in [0.15, 0.2) is 0 Å². The Kier molecular flexibility index (Phi) is 7.36. The molecule has 0 saturated carbocycles. The summed E-state index contributed by atoms with van der Waals surface area (Å²) in [7, 11) is 0. The second kappa shape index (κ2) is 9.95. The molecule has 2 aromatic rings. The first-order chi connectivity index (χ1) is 13.5. The number of halogens is 1. The molecule has 1 aromatic heterocycles. The van der Waals surface area contributed by atoms with Gasteiger partial charge in [0.05, 0.1) is 18.6 Å². The lowest BCUT2D eigenvalue weighted by Crippen LogP contribution is -2.38. The molecule has 8 heteroatoms. The van der Waals surface area contributed by atoms with Gasteiger partial charge >= 0.3 is 0 Å². The Bertz CT molecular complexity index is 777. The predicted molar refractivity (Wildman–Crippen MR) is 105 cm³/mol. The molecule has 4 unspecified atom stereocenters. The van der Waals surface area contributed by atoms with Gasteiger partial charge in [0.1, 0.15) is 12.2 Å². The molecule has 7 nitrogen and oxygen atoms in total. The number of nitrogens with one attached hydrogen (secondary N) is 2. The molecule has 0 aliphatic carbocycles. The maximum Gasteiger partial charge on any atom is 0.222 e. The van der Waals surface area contributed by atoms with Gasteiger partial charge in [-0.25, -0.2) is 0 Å². The number of rotatable bonds is 8. The van der Waals surface area contributed by atoms with E-state index < -0.39 is 24.4 Å². The molecule has 28 heavy (non-hydrogen) atoms. The average Bonchev–Trinajstić information content (AvgIpc) is 2.95. The minimum atomic E-state index is -1.11. The number of hydrogen-bond donors (Lipinski definition) is 4. The first-order valence-electron chi connectivity index (χ1n) is 9.15. The van der Waals surface area contributed by atoms with Gasteiger partial charge in [-0.2, -0.15) is 0 Å². The minimum absolute atomic E-state index is 0.0245. The molecule has 1 saturated heterocycles. The van der Waals surface area contributed by atoms with Crippen LogP contribution in [0.3, 0.4) is 0 Å². The van der Waals surface area contributed by atoms with Crippen LogP contribution < -0.4 is 10.6 Å². The second-order valence-electron chi connectivity index (χ2n) is 6.80. The molecule has 1 fully saturated rings. The molecule has 1 aromatic carbocycles. The number of ether oxygens (including phenoxy) is 1. The Balaban J connectivity index is 1.43. The Morgan fingerprint density at radius 3 is 2.64 bits per heavy atom.